The number of hydrogen-bond acceptors (Lipinski definition) is 2. The molecule has 0 saturated carbocycles. The van der Waals surface area contributed by atoms with Crippen LogP contribution in [0.3, 0.4) is 0 Å². The zero-order valence-electron chi connectivity index (χ0n) is 9.21. The quantitative estimate of drug-likeness (QED) is 0.557. The highest BCUT2D eigenvalue weighted by Crippen LogP contribution is 2.14. The number of hydrogen-bond donors (Lipinski definition) is 0. The van der Waals surface area contributed by atoms with Gasteiger partial charge in [0.15, 0.2) is 0 Å². The second-order valence-electron chi connectivity index (χ2n) is 3.54. The molecule has 1 aromatic rings. The smallest absolute Gasteiger partial charge is 0.140 e. The number of unbranched alkanes of at least 4 members (excludes halogenated alkanes) is 3. The van der Waals surface area contributed by atoms with Gasteiger partial charge < -0.3 is 4.74 Å². The van der Waals surface area contributed by atoms with Gasteiger partial charge in [-0.15, -0.1) is 0 Å². The predicted molar refractivity (Wildman–Crippen MR) is 66.7 cm³/mol. The summed E-state index contributed by atoms with van der Waals surface area (Å²) in [6.07, 6.45) is 6.69. The van der Waals surface area contributed by atoms with Gasteiger partial charge in [0.25, 0.3) is 0 Å². The van der Waals surface area contributed by atoms with Crippen LogP contribution in [-0.4, -0.2) is 16.9 Å². The molecule has 1 heterocycles. The van der Waals surface area contributed by atoms with Gasteiger partial charge in [-0.3, -0.25) is 4.98 Å². The minimum atomic E-state index is 0.800. The lowest BCUT2D eigenvalue weighted by Gasteiger charge is -2.07. The van der Waals surface area contributed by atoms with E-state index in [1.165, 1.54) is 19.3 Å². The molecule has 2 nitrogen and oxygen atoms in total. The van der Waals surface area contributed by atoms with Crippen molar-refractivity contribution in [1.82, 2.24) is 4.98 Å². The van der Waals surface area contributed by atoms with Crippen LogP contribution in [0.15, 0.2) is 18.3 Å². The largest absolute Gasteiger partial charge is 0.492 e. The standard InChI is InChI=1S/C12H18BrNO/c1-11-12(7-6-9-14-11)15-10-5-3-2-4-8-13/h6-7,9H,2-5,8,10H2,1H3. The van der Waals surface area contributed by atoms with Gasteiger partial charge in [-0.1, -0.05) is 28.8 Å². The molecule has 0 aliphatic heterocycles. The van der Waals surface area contributed by atoms with E-state index in [1.807, 2.05) is 19.1 Å². The Morgan fingerprint density at radius 3 is 2.80 bits per heavy atom. The molecule has 0 bridgehead atoms. The fourth-order valence-corrected chi connectivity index (χ4v) is 1.75. The normalized spacial score (nSPS) is 10.3. The van der Waals surface area contributed by atoms with Gasteiger partial charge in [-0.25, -0.2) is 0 Å². The maximum Gasteiger partial charge on any atom is 0.140 e. The number of aryl methyl sites for hydroxylation is 1. The Hall–Kier alpha value is -0.570. The van der Waals surface area contributed by atoms with E-state index in [1.54, 1.807) is 6.20 Å². The van der Waals surface area contributed by atoms with Crippen LogP contribution in [0.25, 0.3) is 0 Å². The molecule has 0 aliphatic carbocycles. The van der Waals surface area contributed by atoms with Crippen LogP contribution in [0, 0.1) is 6.92 Å². The van der Waals surface area contributed by atoms with Crippen molar-refractivity contribution in [1.29, 1.82) is 0 Å². The van der Waals surface area contributed by atoms with E-state index in [4.69, 9.17) is 4.74 Å². The number of ether oxygens (including phenoxy) is 1. The predicted octanol–water partition coefficient (Wildman–Crippen LogP) is 3.72. The fraction of sp³-hybridized carbons (Fsp3) is 0.583. The van der Waals surface area contributed by atoms with Gasteiger partial charge in [0, 0.05) is 11.5 Å². The molecule has 1 rings (SSSR count). The summed E-state index contributed by atoms with van der Waals surface area (Å²) in [6, 6.07) is 3.88. The van der Waals surface area contributed by atoms with E-state index < -0.39 is 0 Å². The molecule has 0 aromatic carbocycles. The highest BCUT2D eigenvalue weighted by molar-refractivity contribution is 9.09. The van der Waals surface area contributed by atoms with Crippen molar-refractivity contribution in [3.8, 4) is 5.75 Å². The molecule has 0 N–H and O–H groups in total. The monoisotopic (exact) mass is 271 g/mol. The third-order valence-corrected chi connectivity index (χ3v) is 2.80. The molecule has 1 aromatic heterocycles. The Morgan fingerprint density at radius 2 is 2.07 bits per heavy atom. The molecule has 0 saturated heterocycles. The summed E-state index contributed by atoms with van der Waals surface area (Å²) < 4.78 is 5.64. The zero-order valence-corrected chi connectivity index (χ0v) is 10.8. The number of nitrogens with zero attached hydrogens (tertiary/aromatic N) is 1. The number of aromatic nitrogens is 1. The maximum atomic E-state index is 5.64. The van der Waals surface area contributed by atoms with E-state index in [0.717, 1.165) is 29.8 Å². The van der Waals surface area contributed by atoms with Crippen LogP contribution in [0.4, 0.5) is 0 Å². The third kappa shape index (κ3) is 5.17. The van der Waals surface area contributed by atoms with Crippen LogP contribution < -0.4 is 4.74 Å². The number of pyridine rings is 1. The van der Waals surface area contributed by atoms with Gasteiger partial charge in [0.2, 0.25) is 0 Å². The first-order valence-corrected chi connectivity index (χ1v) is 6.57. The highest BCUT2D eigenvalue weighted by atomic mass is 79.9. The minimum Gasteiger partial charge on any atom is -0.492 e. The first kappa shape index (κ1) is 12.5. The summed E-state index contributed by atoms with van der Waals surface area (Å²) >= 11 is 3.43. The number of rotatable bonds is 7. The molecule has 84 valence electrons. The first-order chi connectivity index (χ1) is 7.34. The van der Waals surface area contributed by atoms with Crippen molar-refractivity contribution in [2.45, 2.75) is 32.6 Å². The Morgan fingerprint density at radius 1 is 1.27 bits per heavy atom. The van der Waals surface area contributed by atoms with Crippen molar-refractivity contribution in [2.75, 3.05) is 11.9 Å². The molecule has 0 radical (unpaired) electrons. The molecular weight excluding hydrogens is 254 g/mol. The Bertz CT molecular complexity index is 278. The maximum absolute atomic E-state index is 5.64. The molecular formula is C12H18BrNO. The minimum absolute atomic E-state index is 0.800. The SMILES string of the molecule is Cc1ncccc1OCCCCCCBr. The second kappa shape index (κ2) is 7.69. The average molecular weight is 272 g/mol. The third-order valence-electron chi connectivity index (χ3n) is 2.24. The Labute approximate surface area is 100 Å². The topological polar surface area (TPSA) is 22.1 Å². The van der Waals surface area contributed by atoms with Crippen molar-refractivity contribution in [3.63, 3.8) is 0 Å². The second-order valence-corrected chi connectivity index (χ2v) is 4.33. The first-order valence-electron chi connectivity index (χ1n) is 5.45. The summed E-state index contributed by atoms with van der Waals surface area (Å²) in [6.45, 7) is 2.77. The van der Waals surface area contributed by atoms with E-state index >= 15 is 0 Å². The lowest BCUT2D eigenvalue weighted by atomic mass is 10.2. The van der Waals surface area contributed by atoms with Crippen LogP contribution in [-0.2, 0) is 0 Å². The summed E-state index contributed by atoms with van der Waals surface area (Å²) in [4.78, 5) is 4.18. The molecule has 0 spiro atoms. The molecule has 3 heteroatoms. The molecule has 0 atom stereocenters. The van der Waals surface area contributed by atoms with Gasteiger partial charge in [0.05, 0.1) is 12.3 Å². The molecule has 0 aliphatic rings. The van der Waals surface area contributed by atoms with Crippen LogP contribution >= 0.6 is 15.9 Å². The van der Waals surface area contributed by atoms with Gasteiger partial charge in [0.1, 0.15) is 5.75 Å². The van der Waals surface area contributed by atoms with Crippen molar-refractivity contribution >= 4 is 15.9 Å². The summed E-state index contributed by atoms with van der Waals surface area (Å²) in [5, 5.41) is 1.11. The zero-order chi connectivity index (χ0) is 10.9. The fourth-order valence-electron chi connectivity index (χ4n) is 1.35. The van der Waals surface area contributed by atoms with Crippen LogP contribution in [0.2, 0.25) is 0 Å². The Balaban J connectivity index is 2.12. The van der Waals surface area contributed by atoms with Crippen LogP contribution in [0.5, 0.6) is 5.75 Å². The van der Waals surface area contributed by atoms with E-state index in [-0.39, 0.29) is 0 Å². The summed E-state index contributed by atoms with van der Waals surface area (Å²) in [5.41, 5.74) is 0.970. The molecule has 15 heavy (non-hydrogen) atoms. The van der Waals surface area contributed by atoms with E-state index in [2.05, 4.69) is 20.9 Å². The Kier molecular flexibility index (Phi) is 6.41. The van der Waals surface area contributed by atoms with Gasteiger partial charge in [-0.05, 0) is 31.9 Å². The highest BCUT2D eigenvalue weighted by Gasteiger charge is 1.98. The van der Waals surface area contributed by atoms with E-state index in [9.17, 15) is 0 Å². The summed E-state index contributed by atoms with van der Waals surface area (Å²) in [7, 11) is 0. The molecule has 0 amide bonds. The van der Waals surface area contributed by atoms with Crippen LogP contribution in [0.1, 0.15) is 31.4 Å². The van der Waals surface area contributed by atoms with Crippen molar-refractivity contribution in [3.05, 3.63) is 24.0 Å². The lowest BCUT2D eigenvalue weighted by Crippen LogP contribution is -1.99. The average Bonchev–Trinajstić information content (AvgIpc) is 2.25. The van der Waals surface area contributed by atoms with Crippen molar-refractivity contribution < 1.29 is 4.74 Å². The van der Waals surface area contributed by atoms with Crippen molar-refractivity contribution in [2.24, 2.45) is 0 Å². The van der Waals surface area contributed by atoms with E-state index in [0.29, 0.717) is 0 Å². The number of halogens is 1. The molecule has 0 fully saturated rings. The lowest BCUT2D eigenvalue weighted by molar-refractivity contribution is 0.302. The summed E-state index contributed by atoms with van der Waals surface area (Å²) in [5.74, 6) is 0.915. The molecule has 0 unspecified atom stereocenters. The van der Waals surface area contributed by atoms with Gasteiger partial charge in [-0.2, -0.15) is 0 Å². The van der Waals surface area contributed by atoms with Gasteiger partial charge >= 0.3 is 0 Å². The number of alkyl halides is 1.